The highest BCUT2D eigenvalue weighted by molar-refractivity contribution is 5.73. The molecule has 2 aliphatic rings. The molecule has 0 bridgehead atoms. The van der Waals surface area contributed by atoms with Crippen molar-refractivity contribution >= 4 is 12.1 Å². The van der Waals surface area contributed by atoms with Crippen LogP contribution in [0.4, 0.5) is 4.79 Å². The molecule has 0 spiro atoms. The van der Waals surface area contributed by atoms with Gasteiger partial charge in [0.25, 0.3) is 0 Å². The summed E-state index contributed by atoms with van der Waals surface area (Å²) >= 11 is 0. The number of hydrogen-bond donors (Lipinski definition) is 0. The Labute approximate surface area is 132 Å². The number of ether oxygens (including phenoxy) is 3. The molecule has 1 aliphatic heterocycles. The molecule has 1 aliphatic carbocycles. The van der Waals surface area contributed by atoms with Crippen molar-refractivity contribution in [2.24, 2.45) is 5.92 Å². The van der Waals surface area contributed by atoms with Crippen LogP contribution in [0.3, 0.4) is 0 Å². The number of likely N-dealkylation sites (tertiary alicyclic amines) is 1. The molecule has 6 heteroatoms. The Hall–Kier alpha value is -1.30. The molecule has 126 valence electrons. The van der Waals surface area contributed by atoms with Gasteiger partial charge in [0.1, 0.15) is 5.60 Å². The Bertz CT molecular complexity index is 411. The number of methoxy groups -OCH3 is 1. The second kappa shape index (κ2) is 6.86. The quantitative estimate of drug-likeness (QED) is 0.745. The van der Waals surface area contributed by atoms with Crippen molar-refractivity contribution in [1.82, 2.24) is 4.90 Å². The molecular formula is C16H27NO5. The summed E-state index contributed by atoms with van der Waals surface area (Å²) in [4.78, 5) is 25.3. The van der Waals surface area contributed by atoms with Gasteiger partial charge in [-0.05, 0) is 46.5 Å². The third-order valence-corrected chi connectivity index (χ3v) is 4.16. The van der Waals surface area contributed by atoms with Crippen LogP contribution < -0.4 is 0 Å². The minimum atomic E-state index is -0.479. The highest BCUT2D eigenvalue weighted by Crippen LogP contribution is 2.32. The van der Waals surface area contributed by atoms with Gasteiger partial charge in [0.05, 0.1) is 31.8 Å². The molecule has 0 aromatic rings. The molecule has 2 rings (SSSR count). The molecule has 1 saturated carbocycles. The van der Waals surface area contributed by atoms with Gasteiger partial charge in [0.15, 0.2) is 0 Å². The largest absolute Gasteiger partial charge is 0.469 e. The Morgan fingerprint density at radius 2 is 1.91 bits per heavy atom. The van der Waals surface area contributed by atoms with Crippen molar-refractivity contribution < 1.29 is 23.8 Å². The van der Waals surface area contributed by atoms with Gasteiger partial charge < -0.3 is 19.1 Å². The predicted molar refractivity (Wildman–Crippen MR) is 80.4 cm³/mol. The molecule has 0 aromatic carbocycles. The summed E-state index contributed by atoms with van der Waals surface area (Å²) in [5, 5.41) is 0. The fourth-order valence-electron chi connectivity index (χ4n) is 2.88. The molecule has 0 radical (unpaired) electrons. The zero-order valence-electron chi connectivity index (χ0n) is 14.0. The minimum Gasteiger partial charge on any atom is -0.469 e. The summed E-state index contributed by atoms with van der Waals surface area (Å²) in [7, 11) is 1.41. The van der Waals surface area contributed by atoms with Crippen LogP contribution in [0.1, 0.15) is 46.5 Å². The number of amides is 1. The predicted octanol–water partition coefficient (Wildman–Crippen LogP) is 2.35. The summed E-state index contributed by atoms with van der Waals surface area (Å²) in [5.41, 5.74) is -0.479. The first-order chi connectivity index (χ1) is 10.3. The maximum Gasteiger partial charge on any atom is 0.410 e. The topological polar surface area (TPSA) is 65.1 Å². The molecule has 1 saturated heterocycles. The van der Waals surface area contributed by atoms with Crippen molar-refractivity contribution in [1.29, 1.82) is 0 Å². The van der Waals surface area contributed by atoms with E-state index in [1.807, 2.05) is 20.8 Å². The van der Waals surface area contributed by atoms with Crippen molar-refractivity contribution in [3.63, 3.8) is 0 Å². The highest BCUT2D eigenvalue weighted by atomic mass is 16.6. The lowest BCUT2D eigenvalue weighted by atomic mass is 9.82. The van der Waals surface area contributed by atoms with Crippen LogP contribution in [-0.4, -0.2) is 55.0 Å². The van der Waals surface area contributed by atoms with Crippen LogP contribution in [0.5, 0.6) is 0 Å². The normalized spacial score (nSPS) is 28.2. The first kappa shape index (κ1) is 17.1. The van der Waals surface area contributed by atoms with E-state index >= 15 is 0 Å². The van der Waals surface area contributed by atoms with E-state index in [0.717, 1.165) is 19.4 Å². The lowest BCUT2D eigenvalue weighted by Crippen LogP contribution is -2.44. The Balaban J connectivity index is 1.73. The van der Waals surface area contributed by atoms with E-state index in [9.17, 15) is 9.59 Å². The minimum absolute atomic E-state index is 0.0273. The fraction of sp³-hybridized carbons (Fsp3) is 0.875. The van der Waals surface area contributed by atoms with E-state index < -0.39 is 5.60 Å². The average molecular weight is 313 g/mol. The first-order valence-corrected chi connectivity index (χ1v) is 7.99. The summed E-state index contributed by atoms with van der Waals surface area (Å²) in [6.07, 6.45) is 3.18. The first-order valence-electron chi connectivity index (χ1n) is 7.99. The highest BCUT2D eigenvalue weighted by Gasteiger charge is 2.38. The summed E-state index contributed by atoms with van der Waals surface area (Å²) in [5.74, 6) is -0.184. The number of carbonyl (C=O) groups is 2. The number of hydrogen-bond acceptors (Lipinski definition) is 5. The Kier molecular flexibility index (Phi) is 5.32. The molecule has 2 fully saturated rings. The molecule has 0 N–H and O–H groups in total. The van der Waals surface area contributed by atoms with Gasteiger partial charge in [0, 0.05) is 6.54 Å². The van der Waals surface area contributed by atoms with Gasteiger partial charge in [0.2, 0.25) is 0 Å². The zero-order valence-corrected chi connectivity index (χ0v) is 14.0. The van der Waals surface area contributed by atoms with Gasteiger partial charge in [-0.25, -0.2) is 4.79 Å². The molecular weight excluding hydrogens is 286 g/mol. The van der Waals surface area contributed by atoms with E-state index in [4.69, 9.17) is 14.2 Å². The van der Waals surface area contributed by atoms with E-state index in [1.54, 1.807) is 4.90 Å². The fourth-order valence-corrected chi connectivity index (χ4v) is 2.88. The molecule has 1 amide bonds. The molecule has 1 heterocycles. The van der Waals surface area contributed by atoms with Crippen LogP contribution in [0.2, 0.25) is 0 Å². The number of esters is 1. The van der Waals surface area contributed by atoms with Gasteiger partial charge >= 0.3 is 12.1 Å². The summed E-state index contributed by atoms with van der Waals surface area (Å²) in [6.45, 7) is 6.84. The second-order valence-corrected chi connectivity index (χ2v) is 7.12. The van der Waals surface area contributed by atoms with E-state index in [-0.39, 0.29) is 30.1 Å². The molecule has 6 nitrogen and oxygen atoms in total. The van der Waals surface area contributed by atoms with Crippen LogP contribution >= 0.6 is 0 Å². The van der Waals surface area contributed by atoms with E-state index in [2.05, 4.69) is 0 Å². The Morgan fingerprint density at radius 1 is 1.23 bits per heavy atom. The summed E-state index contributed by atoms with van der Waals surface area (Å²) < 4.78 is 16.0. The molecule has 0 aromatic heterocycles. The van der Waals surface area contributed by atoms with Crippen molar-refractivity contribution in [2.45, 2.75) is 64.2 Å². The van der Waals surface area contributed by atoms with Crippen LogP contribution in [-0.2, 0) is 19.0 Å². The van der Waals surface area contributed by atoms with Crippen molar-refractivity contribution in [3.8, 4) is 0 Å². The maximum absolute atomic E-state index is 12.2. The number of rotatable bonds is 4. The smallest absolute Gasteiger partial charge is 0.410 e. The van der Waals surface area contributed by atoms with E-state index in [1.165, 1.54) is 7.11 Å². The van der Waals surface area contributed by atoms with Crippen LogP contribution in [0.25, 0.3) is 0 Å². The maximum atomic E-state index is 12.2. The second-order valence-electron chi connectivity index (χ2n) is 7.12. The lowest BCUT2D eigenvalue weighted by Gasteiger charge is -2.35. The van der Waals surface area contributed by atoms with Crippen LogP contribution in [0, 0.1) is 5.92 Å². The van der Waals surface area contributed by atoms with Crippen LogP contribution in [0.15, 0.2) is 0 Å². The average Bonchev–Trinajstić information content (AvgIpc) is 2.82. The monoisotopic (exact) mass is 313 g/mol. The zero-order chi connectivity index (χ0) is 16.3. The molecule has 0 unspecified atom stereocenters. The van der Waals surface area contributed by atoms with Crippen molar-refractivity contribution in [2.75, 3.05) is 20.3 Å². The van der Waals surface area contributed by atoms with Gasteiger partial charge in [-0.3, -0.25) is 4.79 Å². The lowest BCUT2D eigenvalue weighted by molar-refractivity contribution is -0.155. The SMILES string of the molecule is COC(=O)C1CC(OC[C@@H]2CCCN2C(=O)OC(C)(C)C)C1. The molecule has 1 atom stereocenters. The van der Waals surface area contributed by atoms with Gasteiger partial charge in [-0.2, -0.15) is 0 Å². The van der Waals surface area contributed by atoms with E-state index in [0.29, 0.717) is 19.4 Å². The third kappa shape index (κ3) is 4.35. The van der Waals surface area contributed by atoms with Crippen molar-refractivity contribution in [3.05, 3.63) is 0 Å². The number of carbonyl (C=O) groups excluding carboxylic acids is 2. The number of nitrogens with zero attached hydrogens (tertiary/aromatic N) is 1. The van der Waals surface area contributed by atoms with Gasteiger partial charge in [-0.15, -0.1) is 0 Å². The van der Waals surface area contributed by atoms with Gasteiger partial charge in [-0.1, -0.05) is 0 Å². The standard InChI is InChI=1S/C16H27NO5/c1-16(2,3)22-15(19)17-7-5-6-12(17)10-21-13-8-11(9-13)14(18)20-4/h11-13H,5-10H2,1-4H3/t11?,12-,13?/m0/s1. The third-order valence-electron chi connectivity index (χ3n) is 4.16. The summed E-state index contributed by atoms with van der Waals surface area (Å²) in [6, 6.07) is 0.0760. The molecule has 22 heavy (non-hydrogen) atoms. The Morgan fingerprint density at radius 3 is 2.50 bits per heavy atom.